The monoisotopic (exact) mass is 431 g/mol. The summed E-state index contributed by atoms with van der Waals surface area (Å²) < 4.78 is 16.2. The van der Waals surface area contributed by atoms with Gasteiger partial charge in [0.2, 0.25) is 5.96 Å². The lowest BCUT2D eigenvalue weighted by Gasteiger charge is -2.14. The lowest BCUT2D eigenvalue weighted by atomic mass is 10.2. The Bertz CT molecular complexity index is 880. The molecule has 1 aliphatic rings. The molecule has 0 radical (unpaired) electrons. The summed E-state index contributed by atoms with van der Waals surface area (Å²) in [4.78, 5) is 17.3. The van der Waals surface area contributed by atoms with Crippen molar-refractivity contribution in [1.82, 2.24) is 5.32 Å². The molecule has 1 saturated heterocycles. The number of anilines is 1. The molecule has 3 rings (SSSR count). The second-order valence-corrected chi connectivity index (χ2v) is 7.12. The zero-order valence-electron chi connectivity index (χ0n) is 17.1. The Morgan fingerprint density at radius 1 is 1.27 bits per heavy atom. The summed E-state index contributed by atoms with van der Waals surface area (Å²) in [6, 6.07) is 12.2. The number of methoxy groups -OCH3 is 1. The van der Waals surface area contributed by atoms with Gasteiger partial charge < -0.3 is 19.5 Å². The van der Waals surface area contributed by atoms with E-state index in [1.165, 1.54) is 0 Å². The fraction of sp³-hybridized carbons (Fsp3) is 0.364. The average molecular weight is 432 g/mol. The van der Waals surface area contributed by atoms with E-state index in [0.29, 0.717) is 46.9 Å². The van der Waals surface area contributed by atoms with Crippen molar-refractivity contribution >= 4 is 29.2 Å². The van der Waals surface area contributed by atoms with Crippen LogP contribution in [0.3, 0.4) is 0 Å². The van der Waals surface area contributed by atoms with E-state index in [2.05, 4.69) is 15.6 Å². The number of carbonyl (C=O) groups excluding carboxylic acids is 1. The summed E-state index contributed by atoms with van der Waals surface area (Å²) in [6.07, 6.45) is 2.04. The minimum Gasteiger partial charge on any atom is -0.495 e. The number of carbonyl (C=O) groups is 1. The maximum Gasteiger partial charge on any atom is 0.257 e. The highest BCUT2D eigenvalue weighted by molar-refractivity contribution is 6.32. The lowest BCUT2D eigenvalue weighted by Crippen LogP contribution is -2.36. The molecule has 1 atom stereocenters. The predicted molar refractivity (Wildman–Crippen MR) is 118 cm³/mol. The number of rotatable bonds is 7. The standard InChI is InChI=1S/C22H26ClN3O4/c1-3-29-17-9-6-15(7-10-17)21(27)26-22(24-14-18-5-4-12-30-18)25-16-8-11-20(28-2)19(23)13-16/h6-11,13,18H,3-5,12,14H2,1-2H3,(H2,24,25,26,27). The Morgan fingerprint density at radius 3 is 2.70 bits per heavy atom. The highest BCUT2D eigenvalue weighted by Crippen LogP contribution is 2.27. The van der Waals surface area contributed by atoms with E-state index in [1.54, 1.807) is 49.6 Å². The van der Waals surface area contributed by atoms with Crippen LogP contribution in [0.4, 0.5) is 5.69 Å². The molecular weight excluding hydrogens is 406 g/mol. The van der Waals surface area contributed by atoms with Crippen LogP contribution in [-0.4, -0.2) is 44.8 Å². The molecule has 1 unspecified atom stereocenters. The van der Waals surface area contributed by atoms with E-state index in [-0.39, 0.29) is 12.0 Å². The third-order valence-electron chi connectivity index (χ3n) is 4.55. The maximum absolute atomic E-state index is 12.7. The summed E-state index contributed by atoms with van der Waals surface area (Å²) in [5.74, 6) is 1.33. The van der Waals surface area contributed by atoms with Crippen LogP contribution in [0.15, 0.2) is 47.5 Å². The van der Waals surface area contributed by atoms with Gasteiger partial charge in [-0.25, -0.2) is 4.99 Å². The molecule has 7 nitrogen and oxygen atoms in total. The Morgan fingerprint density at radius 2 is 2.07 bits per heavy atom. The zero-order chi connectivity index (χ0) is 21.3. The number of ether oxygens (including phenoxy) is 3. The SMILES string of the molecule is CCOc1ccc(C(=O)NC(=NCC2CCCO2)Nc2ccc(OC)c(Cl)c2)cc1. The van der Waals surface area contributed by atoms with E-state index in [1.807, 2.05) is 6.92 Å². The van der Waals surface area contributed by atoms with Gasteiger partial charge in [-0.3, -0.25) is 10.1 Å². The minimum absolute atomic E-state index is 0.0589. The van der Waals surface area contributed by atoms with Gasteiger partial charge >= 0.3 is 0 Å². The van der Waals surface area contributed by atoms with Gasteiger partial charge in [-0.15, -0.1) is 0 Å². The summed E-state index contributed by atoms with van der Waals surface area (Å²) in [7, 11) is 1.56. The largest absolute Gasteiger partial charge is 0.495 e. The predicted octanol–water partition coefficient (Wildman–Crippen LogP) is 4.12. The molecule has 1 amide bonds. The van der Waals surface area contributed by atoms with Gasteiger partial charge in [0, 0.05) is 17.9 Å². The van der Waals surface area contributed by atoms with Gasteiger partial charge in [-0.2, -0.15) is 0 Å². The van der Waals surface area contributed by atoms with Crippen molar-refractivity contribution in [3.63, 3.8) is 0 Å². The van der Waals surface area contributed by atoms with Crippen molar-refractivity contribution in [2.75, 3.05) is 32.2 Å². The molecule has 1 fully saturated rings. The second-order valence-electron chi connectivity index (χ2n) is 6.71. The second kappa shape index (κ2) is 10.8. The number of aliphatic imine (C=N–C) groups is 1. The van der Waals surface area contributed by atoms with E-state index in [0.717, 1.165) is 19.4 Å². The van der Waals surface area contributed by atoms with Crippen molar-refractivity contribution in [3.05, 3.63) is 53.1 Å². The summed E-state index contributed by atoms with van der Waals surface area (Å²) >= 11 is 6.21. The van der Waals surface area contributed by atoms with Crippen molar-refractivity contribution in [2.45, 2.75) is 25.9 Å². The number of hydrogen-bond acceptors (Lipinski definition) is 5. The van der Waals surface area contributed by atoms with Crippen LogP contribution in [0, 0.1) is 0 Å². The van der Waals surface area contributed by atoms with Crippen molar-refractivity contribution in [3.8, 4) is 11.5 Å². The number of halogens is 1. The molecule has 0 aliphatic carbocycles. The highest BCUT2D eigenvalue weighted by Gasteiger charge is 2.16. The van der Waals surface area contributed by atoms with Crippen LogP contribution < -0.4 is 20.1 Å². The number of guanidine groups is 1. The van der Waals surface area contributed by atoms with E-state index < -0.39 is 0 Å². The quantitative estimate of drug-likeness (QED) is 0.509. The molecule has 2 N–H and O–H groups in total. The minimum atomic E-state index is -0.281. The molecule has 0 bridgehead atoms. The molecule has 1 aliphatic heterocycles. The van der Waals surface area contributed by atoms with Crippen LogP contribution in [0.5, 0.6) is 11.5 Å². The van der Waals surface area contributed by atoms with Crippen LogP contribution in [0.2, 0.25) is 5.02 Å². The van der Waals surface area contributed by atoms with Gasteiger partial charge in [0.1, 0.15) is 11.5 Å². The smallest absolute Gasteiger partial charge is 0.257 e. The van der Waals surface area contributed by atoms with Crippen molar-refractivity contribution in [1.29, 1.82) is 0 Å². The lowest BCUT2D eigenvalue weighted by molar-refractivity contribution is 0.0975. The Balaban J connectivity index is 1.73. The Labute approximate surface area is 181 Å². The van der Waals surface area contributed by atoms with Gasteiger partial charge in [0.25, 0.3) is 5.91 Å². The van der Waals surface area contributed by atoms with Gasteiger partial charge in [-0.05, 0) is 62.2 Å². The van der Waals surface area contributed by atoms with Crippen LogP contribution in [0.1, 0.15) is 30.1 Å². The average Bonchev–Trinajstić information content (AvgIpc) is 3.26. The molecule has 1 heterocycles. The van der Waals surface area contributed by atoms with Crippen molar-refractivity contribution in [2.24, 2.45) is 4.99 Å². The fourth-order valence-electron chi connectivity index (χ4n) is 3.02. The Hall–Kier alpha value is -2.77. The molecule has 2 aromatic carbocycles. The molecule has 30 heavy (non-hydrogen) atoms. The van der Waals surface area contributed by atoms with E-state index in [9.17, 15) is 4.79 Å². The molecule has 2 aromatic rings. The van der Waals surface area contributed by atoms with Gasteiger partial charge in [-0.1, -0.05) is 11.6 Å². The van der Waals surface area contributed by atoms with Gasteiger partial charge in [0.15, 0.2) is 0 Å². The van der Waals surface area contributed by atoms with Gasteiger partial charge in [0.05, 0.1) is 31.4 Å². The summed E-state index contributed by atoms with van der Waals surface area (Å²) in [5.41, 5.74) is 1.18. The first-order chi connectivity index (χ1) is 14.6. The highest BCUT2D eigenvalue weighted by atomic mass is 35.5. The number of nitrogens with zero attached hydrogens (tertiary/aromatic N) is 1. The first kappa shape index (κ1) is 21.9. The molecule has 0 aromatic heterocycles. The topological polar surface area (TPSA) is 81.2 Å². The summed E-state index contributed by atoms with van der Waals surface area (Å²) in [5, 5.41) is 6.42. The number of benzene rings is 2. The van der Waals surface area contributed by atoms with Crippen LogP contribution in [0.25, 0.3) is 0 Å². The third-order valence-corrected chi connectivity index (χ3v) is 4.85. The van der Waals surface area contributed by atoms with E-state index in [4.69, 9.17) is 25.8 Å². The summed E-state index contributed by atoms with van der Waals surface area (Å²) in [6.45, 7) is 3.68. The van der Waals surface area contributed by atoms with E-state index >= 15 is 0 Å². The maximum atomic E-state index is 12.7. The molecule has 0 saturated carbocycles. The number of hydrogen-bond donors (Lipinski definition) is 2. The molecule has 160 valence electrons. The first-order valence-electron chi connectivity index (χ1n) is 9.90. The third kappa shape index (κ3) is 6.11. The zero-order valence-corrected chi connectivity index (χ0v) is 17.9. The molecule has 8 heteroatoms. The molecule has 0 spiro atoms. The Kier molecular flexibility index (Phi) is 7.93. The number of nitrogens with one attached hydrogen (secondary N) is 2. The molecular formula is C22H26ClN3O4. The first-order valence-corrected chi connectivity index (χ1v) is 10.3. The van der Waals surface area contributed by atoms with Crippen LogP contribution in [-0.2, 0) is 4.74 Å². The number of amides is 1. The normalized spacial score (nSPS) is 16.2. The fourth-order valence-corrected chi connectivity index (χ4v) is 3.28. The van der Waals surface area contributed by atoms with Crippen LogP contribution >= 0.6 is 11.6 Å². The van der Waals surface area contributed by atoms with Crippen molar-refractivity contribution < 1.29 is 19.0 Å².